The second-order valence-electron chi connectivity index (χ2n) is 5.64. The zero-order chi connectivity index (χ0) is 20.2. The Bertz CT molecular complexity index is 449. The molecule has 1 amide bonds. The zero-order valence-corrected chi connectivity index (χ0v) is 15.0. The van der Waals surface area contributed by atoms with Crippen LogP contribution in [-0.4, -0.2) is 109 Å². The summed E-state index contributed by atoms with van der Waals surface area (Å²) in [7, 11) is 0. The molecule has 0 bridgehead atoms. The van der Waals surface area contributed by atoms with Crippen molar-refractivity contribution in [2.24, 2.45) is 0 Å². The maximum atomic E-state index is 11.3. The molecule has 0 unspecified atom stereocenters. The van der Waals surface area contributed by atoms with Gasteiger partial charge in [-0.3, -0.25) is 4.79 Å². The number of hydrogen-bond donors (Lipinski definition) is 5. The standard InChI is InChI=1S/C15H27NO11/c1-9(18)16-11-13(20)12(19)10(8-17)27-14(11)25-6-4-23-2-3-24-5-7-26-15(21)22/h10-14,17,19-20H,2-8H2,1H3,(H,16,18)(H,21,22)/t10-,11-,12+,13-,14-/m1/s1. The largest absolute Gasteiger partial charge is 0.505 e. The molecule has 1 saturated heterocycles. The molecule has 12 heteroatoms. The number of carbonyl (C=O) groups excluding carboxylic acids is 1. The van der Waals surface area contributed by atoms with Crippen LogP contribution in [-0.2, 0) is 28.5 Å². The minimum Gasteiger partial charge on any atom is -0.450 e. The number of ether oxygens (including phenoxy) is 5. The Morgan fingerprint density at radius 3 is 2.15 bits per heavy atom. The zero-order valence-electron chi connectivity index (χ0n) is 15.0. The minimum absolute atomic E-state index is 0.0594. The summed E-state index contributed by atoms with van der Waals surface area (Å²) >= 11 is 0. The van der Waals surface area contributed by atoms with Crippen LogP contribution in [0.1, 0.15) is 6.92 Å². The Morgan fingerprint density at radius 2 is 1.59 bits per heavy atom. The highest BCUT2D eigenvalue weighted by Gasteiger charge is 2.45. The predicted molar refractivity (Wildman–Crippen MR) is 86.9 cm³/mol. The van der Waals surface area contributed by atoms with Crippen molar-refractivity contribution < 1.29 is 53.7 Å². The highest BCUT2D eigenvalue weighted by Crippen LogP contribution is 2.22. The van der Waals surface area contributed by atoms with Crippen LogP contribution in [0.4, 0.5) is 4.79 Å². The smallest absolute Gasteiger partial charge is 0.450 e. The summed E-state index contributed by atoms with van der Waals surface area (Å²) in [6.45, 7) is 1.45. The van der Waals surface area contributed by atoms with Crippen LogP contribution in [0.25, 0.3) is 0 Å². The normalized spacial score (nSPS) is 27.9. The number of amides is 1. The van der Waals surface area contributed by atoms with Crippen molar-refractivity contribution in [1.29, 1.82) is 0 Å². The minimum atomic E-state index is -1.37. The van der Waals surface area contributed by atoms with E-state index in [-0.39, 0.29) is 39.6 Å². The topological polar surface area (TPSA) is 173 Å². The third kappa shape index (κ3) is 8.79. The molecule has 1 heterocycles. The van der Waals surface area contributed by atoms with Crippen LogP contribution >= 0.6 is 0 Å². The Kier molecular flexibility index (Phi) is 11.1. The van der Waals surface area contributed by atoms with Gasteiger partial charge in [0.15, 0.2) is 6.29 Å². The molecule has 1 fully saturated rings. The molecule has 0 aromatic carbocycles. The van der Waals surface area contributed by atoms with E-state index in [1.165, 1.54) is 6.92 Å². The van der Waals surface area contributed by atoms with Gasteiger partial charge in [0.05, 0.1) is 39.6 Å². The van der Waals surface area contributed by atoms with Crippen molar-refractivity contribution >= 4 is 12.1 Å². The lowest BCUT2D eigenvalue weighted by atomic mass is 9.97. The van der Waals surface area contributed by atoms with E-state index in [1.807, 2.05) is 0 Å². The van der Waals surface area contributed by atoms with E-state index in [9.17, 15) is 24.9 Å². The van der Waals surface area contributed by atoms with E-state index >= 15 is 0 Å². The molecule has 27 heavy (non-hydrogen) atoms. The van der Waals surface area contributed by atoms with Crippen LogP contribution in [0.5, 0.6) is 0 Å². The average Bonchev–Trinajstić information content (AvgIpc) is 2.61. The molecule has 12 nitrogen and oxygen atoms in total. The van der Waals surface area contributed by atoms with Gasteiger partial charge in [-0.15, -0.1) is 0 Å². The molecule has 0 spiro atoms. The first-order valence-corrected chi connectivity index (χ1v) is 8.39. The lowest BCUT2D eigenvalue weighted by Crippen LogP contribution is -2.64. The molecule has 0 aliphatic carbocycles. The second kappa shape index (κ2) is 12.8. The van der Waals surface area contributed by atoms with Gasteiger partial charge in [0, 0.05) is 6.92 Å². The van der Waals surface area contributed by atoms with Crippen LogP contribution in [0.3, 0.4) is 0 Å². The summed E-state index contributed by atoms with van der Waals surface area (Å²) in [6, 6.07) is -1.00. The first-order valence-electron chi connectivity index (χ1n) is 8.39. The molecular formula is C15H27NO11. The van der Waals surface area contributed by atoms with Gasteiger partial charge in [0.2, 0.25) is 5.91 Å². The van der Waals surface area contributed by atoms with Gasteiger partial charge in [-0.05, 0) is 0 Å². The van der Waals surface area contributed by atoms with Crippen LogP contribution < -0.4 is 5.32 Å². The third-order valence-corrected chi connectivity index (χ3v) is 3.59. The monoisotopic (exact) mass is 397 g/mol. The molecule has 1 aliphatic heterocycles. The van der Waals surface area contributed by atoms with Crippen LogP contribution in [0, 0.1) is 0 Å². The molecule has 1 aliphatic rings. The van der Waals surface area contributed by atoms with E-state index in [0.29, 0.717) is 0 Å². The van der Waals surface area contributed by atoms with Gasteiger partial charge >= 0.3 is 6.16 Å². The van der Waals surface area contributed by atoms with Crippen molar-refractivity contribution in [3.63, 3.8) is 0 Å². The Morgan fingerprint density at radius 1 is 1.00 bits per heavy atom. The van der Waals surface area contributed by atoms with E-state index in [0.717, 1.165) is 0 Å². The molecule has 0 radical (unpaired) electrons. The summed E-state index contributed by atoms with van der Waals surface area (Å²) in [4.78, 5) is 21.4. The fraction of sp³-hybridized carbons (Fsp3) is 0.867. The summed E-state index contributed by atoms with van der Waals surface area (Å²) in [6.07, 6.45) is -6.22. The fourth-order valence-corrected chi connectivity index (χ4v) is 2.35. The number of carboxylic acid groups (broad SMARTS) is 1. The Balaban J connectivity index is 2.25. The molecule has 1 rings (SSSR count). The van der Waals surface area contributed by atoms with Gasteiger partial charge in [-0.1, -0.05) is 0 Å². The predicted octanol–water partition coefficient (Wildman–Crippen LogP) is -2.33. The van der Waals surface area contributed by atoms with Gasteiger partial charge < -0.3 is 49.4 Å². The number of carbonyl (C=O) groups is 2. The van der Waals surface area contributed by atoms with Crippen molar-refractivity contribution in [3.8, 4) is 0 Å². The Labute approximate surface area is 155 Å². The number of aliphatic hydroxyl groups excluding tert-OH is 3. The van der Waals surface area contributed by atoms with Gasteiger partial charge in [0.25, 0.3) is 0 Å². The highest BCUT2D eigenvalue weighted by atomic mass is 16.7. The van der Waals surface area contributed by atoms with E-state index in [4.69, 9.17) is 24.1 Å². The highest BCUT2D eigenvalue weighted by molar-refractivity contribution is 5.73. The van der Waals surface area contributed by atoms with E-state index in [1.54, 1.807) is 0 Å². The van der Waals surface area contributed by atoms with Crippen LogP contribution in [0.15, 0.2) is 0 Å². The summed E-state index contributed by atoms with van der Waals surface area (Å²) in [5, 5.41) is 39.9. The maximum absolute atomic E-state index is 11.3. The van der Waals surface area contributed by atoms with Crippen molar-refractivity contribution in [3.05, 3.63) is 0 Å². The molecule has 0 aromatic heterocycles. The third-order valence-electron chi connectivity index (χ3n) is 3.59. The molecule has 0 saturated carbocycles. The lowest BCUT2D eigenvalue weighted by molar-refractivity contribution is -0.272. The summed E-state index contributed by atoms with van der Waals surface area (Å²) in [5.74, 6) is -0.439. The number of hydrogen-bond acceptors (Lipinski definition) is 10. The van der Waals surface area contributed by atoms with Crippen molar-refractivity contribution in [2.75, 3.05) is 46.2 Å². The molecule has 0 aromatic rings. The fourth-order valence-electron chi connectivity index (χ4n) is 2.35. The second-order valence-corrected chi connectivity index (χ2v) is 5.64. The Hall–Kier alpha value is -1.54. The summed E-state index contributed by atoms with van der Waals surface area (Å²) in [5.41, 5.74) is 0. The van der Waals surface area contributed by atoms with Crippen molar-refractivity contribution in [2.45, 2.75) is 37.6 Å². The molecule has 5 N–H and O–H groups in total. The first-order chi connectivity index (χ1) is 12.9. The van der Waals surface area contributed by atoms with Gasteiger partial charge in [-0.2, -0.15) is 0 Å². The number of nitrogens with one attached hydrogen (secondary N) is 1. The number of rotatable bonds is 12. The van der Waals surface area contributed by atoms with Crippen molar-refractivity contribution in [1.82, 2.24) is 5.32 Å². The molecule has 158 valence electrons. The SMILES string of the molecule is CC(=O)N[C@H]1[C@H](OCCOCCOCCOC(=O)O)O[C@H](CO)[C@H](O)[C@@H]1O. The molecule has 5 atom stereocenters. The van der Waals surface area contributed by atoms with E-state index < -0.39 is 49.3 Å². The average molecular weight is 397 g/mol. The van der Waals surface area contributed by atoms with E-state index in [2.05, 4.69) is 10.1 Å². The van der Waals surface area contributed by atoms with Crippen LogP contribution in [0.2, 0.25) is 0 Å². The molecular weight excluding hydrogens is 370 g/mol. The quantitative estimate of drug-likeness (QED) is 0.177. The lowest BCUT2D eigenvalue weighted by Gasteiger charge is -2.42. The first kappa shape index (κ1) is 23.5. The maximum Gasteiger partial charge on any atom is 0.505 e. The van der Waals surface area contributed by atoms with Gasteiger partial charge in [-0.25, -0.2) is 4.79 Å². The summed E-state index contributed by atoms with van der Waals surface area (Å²) < 4.78 is 25.4. The number of aliphatic hydroxyl groups is 3. The van der Waals surface area contributed by atoms with Gasteiger partial charge in [0.1, 0.15) is 31.0 Å².